The molecule has 2 aromatic carbocycles. The second kappa shape index (κ2) is 11.3. The van der Waals surface area contributed by atoms with Gasteiger partial charge in [-0.15, -0.1) is 0 Å². The van der Waals surface area contributed by atoms with Crippen molar-refractivity contribution in [3.63, 3.8) is 0 Å². The Morgan fingerprint density at radius 3 is 2.61 bits per heavy atom. The van der Waals surface area contributed by atoms with Crippen LogP contribution in [0.1, 0.15) is 45.0 Å². The minimum Gasteiger partial charge on any atom is -0.490 e. The molecule has 36 heavy (non-hydrogen) atoms. The van der Waals surface area contributed by atoms with E-state index in [9.17, 15) is 19.7 Å². The van der Waals surface area contributed by atoms with Gasteiger partial charge in [-0.25, -0.2) is 9.78 Å². The molecule has 0 aliphatic rings. The van der Waals surface area contributed by atoms with Gasteiger partial charge in [0, 0.05) is 22.0 Å². The number of carbonyl (C=O) groups is 1. The van der Waals surface area contributed by atoms with E-state index in [1.165, 1.54) is 37.1 Å². The highest BCUT2D eigenvalue weighted by Crippen LogP contribution is 2.39. The first-order valence-corrected chi connectivity index (χ1v) is 11.8. The van der Waals surface area contributed by atoms with Gasteiger partial charge in [-0.1, -0.05) is 29.8 Å². The standard InChI is InChI=1S/C24H25BrN4O7/c1-6-35-20-10-15(9-19(29(32)33)21(20)36-14(4)24(31)34-5)12-26-28-22(13(2)3)27-18-8-7-16(25)11-17(18)23(28)30/h7-14H,6H2,1-5H3/t14-/m0/s1. The zero-order chi connectivity index (χ0) is 26.6. The summed E-state index contributed by atoms with van der Waals surface area (Å²) in [5, 5.41) is 16.5. The lowest BCUT2D eigenvalue weighted by atomic mass is 10.1. The summed E-state index contributed by atoms with van der Waals surface area (Å²) in [4.78, 5) is 40.8. The zero-order valence-electron chi connectivity index (χ0n) is 20.4. The largest absolute Gasteiger partial charge is 0.490 e. The molecule has 0 amide bonds. The maximum Gasteiger partial charge on any atom is 0.346 e. The highest BCUT2D eigenvalue weighted by atomic mass is 79.9. The lowest BCUT2D eigenvalue weighted by molar-refractivity contribution is -0.386. The van der Waals surface area contributed by atoms with Crippen LogP contribution in [0.4, 0.5) is 5.69 Å². The van der Waals surface area contributed by atoms with Gasteiger partial charge in [0.1, 0.15) is 5.82 Å². The number of methoxy groups -OCH3 is 1. The first-order chi connectivity index (χ1) is 17.1. The Morgan fingerprint density at radius 1 is 1.28 bits per heavy atom. The number of rotatable bonds is 9. The van der Waals surface area contributed by atoms with Gasteiger partial charge in [0.15, 0.2) is 11.9 Å². The van der Waals surface area contributed by atoms with E-state index in [-0.39, 0.29) is 35.1 Å². The Labute approximate surface area is 215 Å². The van der Waals surface area contributed by atoms with Crippen LogP contribution in [-0.2, 0) is 9.53 Å². The number of carbonyl (C=O) groups excluding carboxylic acids is 1. The Morgan fingerprint density at radius 2 is 2.00 bits per heavy atom. The van der Waals surface area contributed by atoms with Crippen LogP contribution >= 0.6 is 15.9 Å². The van der Waals surface area contributed by atoms with Crippen LogP contribution in [0.2, 0.25) is 0 Å². The van der Waals surface area contributed by atoms with E-state index in [4.69, 9.17) is 9.47 Å². The number of esters is 1. The molecule has 3 rings (SSSR count). The molecule has 0 saturated heterocycles. The first-order valence-electron chi connectivity index (χ1n) is 11.0. The highest BCUT2D eigenvalue weighted by Gasteiger charge is 2.27. The van der Waals surface area contributed by atoms with Crippen LogP contribution in [0.3, 0.4) is 0 Å². The summed E-state index contributed by atoms with van der Waals surface area (Å²) in [6.45, 7) is 7.05. The van der Waals surface area contributed by atoms with Crippen molar-refractivity contribution in [2.24, 2.45) is 5.10 Å². The molecule has 1 aromatic heterocycles. The Balaban J connectivity index is 2.15. The molecule has 12 heteroatoms. The number of fused-ring (bicyclic) bond motifs is 1. The van der Waals surface area contributed by atoms with Crippen LogP contribution in [-0.4, -0.2) is 46.6 Å². The summed E-state index contributed by atoms with van der Waals surface area (Å²) in [6, 6.07) is 7.90. The molecule has 11 nitrogen and oxygen atoms in total. The minimum absolute atomic E-state index is 0.0425. The van der Waals surface area contributed by atoms with Crippen molar-refractivity contribution in [3.8, 4) is 11.5 Å². The monoisotopic (exact) mass is 560 g/mol. The van der Waals surface area contributed by atoms with Gasteiger partial charge in [-0.3, -0.25) is 14.9 Å². The summed E-state index contributed by atoms with van der Waals surface area (Å²) in [7, 11) is 1.19. The molecule has 0 fully saturated rings. The van der Waals surface area contributed by atoms with E-state index in [2.05, 4.69) is 30.8 Å². The molecule has 1 atom stereocenters. The van der Waals surface area contributed by atoms with Gasteiger partial charge in [-0.05, 0) is 38.1 Å². The van der Waals surface area contributed by atoms with Crippen molar-refractivity contribution in [2.45, 2.75) is 39.7 Å². The number of hydrogen-bond acceptors (Lipinski definition) is 9. The second-order valence-electron chi connectivity index (χ2n) is 7.99. The topological polar surface area (TPSA) is 135 Å². The third-order valence-corrected chi connectivity index (χ3v) is 5.55. The van der Waals surface area contributed by atoms with Crippen LogP contribution in [0, 0.1) is 10.1 Å². The van der Waals surface area contributed by atoms with Crippen LogP contribution in [0.25, 0.3) is 10.9 Å². The number of benzene rings is 2. The molecule has 0 spiro atoms. The zero-order valence-corrected chi connectivity index (χ0v) is 21.9. The number of aromatic nitrogens is 2. The normalized spacial score (nSPS) is 12.2. The lowest BCUT2D eigenvalue weighted by Crippen LogP contribution is -2.25. The molecule has 190 valence electrons. The van der Waals surface area contributed by atoms with E-state index in [0.717, 1.165) is 4.47 Å². The van der Waals surface area contributed by atoms with Crippen molar-refractivity contribution < 1.29 is 23.9 Å². The molecule has 3 aromatic rings. The summed E-state index contributed by atoms with van der Waals surface area (Å²) >= 11 is 3.36. The van der Waals surface area contributed by atoms with E-state index in [0.29, 0.717) is 16.7 Å². The summed E-state index contributed by atoms with van der Waals surface area (Å²) in [6.07, 6.45) is 0.199. The fraction of sp³-hybridized carbons (Fsp3) is 0.333. The van der Waals surface area contributed by atoms with Crippen molar-refractivity contribution in [3.05, 3.63) is 66.7 Å². The van der Waals surface area contributed by atoms with E-state index >= 15 is 0 Å². The molecule has 0 radical (unpaired) electrons. The number of ether oxygens (including phenoxy) is 3. The minimum atomic E-state index is -1.11. The average molecular weight is 561 g/mol. The number of nitrogens with zero attached hydrogens (tertiary/aromatic N) is 4. The van der Waals surface area contributed by atoms with E-state index in [1.807, 2.05) is 13.8 Å². The third-order valence-electron chi connectivity index (χ3n) is 5.05. The number of halogens is 1. The van der Waals surface area contributed by atoms with Crippen molar-refractivity contribution in [1.29, 1.82) is 0 Å². The Kier molecular flexibility index (Phi) is 8.41. The van der Waals surface area contributed by atoms with Gasteiger partial charge in [0.05, 0.1) is 35.8 Å². The number of hydrogen-bond donors (Lipinski definition) is 0. The molecule has 0 aliphatic carbocycles. The third kappa shape index (κ3) is 5.70. The van der Waals surface area contributed by atoms with Crippen LogP contribution in [0.5, 0.6) is 11.5 Å². The average Bonchev–Trinajstić information content (AvgIpc) is 2.84. The van der Waals surface area contributed by atoms with Gasteiger partial charge >= 0.3 is 11.7 Å². The van der Waals surface area contributed by atoms with E-state index in [1.54, 1.807) is 25.1 Å². The van der Waals surface area contributed by atoms with Crippen molar-refractivity contribution in [2.75, 3.05) is 13.7 Å². The highest BCUT2D eigenvalue weighted by molar-refractivity contribution is 9.10. The number of nitro groups is 1. The molecule has 0 saturated carbocycles. The first kappa shape index (κ1) is 26.8. The summed E-state index contributed by atoms with van der Waals surface area (Å²) in [5.41, 5.74) is -0.00389. The molecule has 0 bridgehead atoms. The maximum atomic E-state index is 13.2. The number of nitro benzene ring substituents is 1. The van der Waals surface area contributed by atoms with Gasteiger partial charge < -0.3 is 14.2 Å². The Bertz CT molecular complexity index is 1400. The second-order valence-corrected chi connectivity index (χ2v) is 8.90. The van der Waals surface area contributed by atoms with E-state index < -0.39 is 22.7 Å². The fourth-order valence-electron chi connectivity index (χ4n) is 3.37. The Hall–Kier alpha value is -3.80. The van der Waals surface area contributed by atoms with Gasteiger partial charge in [0.2, 0.25) is 5.75 Å². The van der Waals surface area contributed by atoms with Crippen LogP contribution in [0.15, 0.2) is 44.7 Å². The van der Waals surface area contributed by atoms with Crippen molar-refractivity contribution >= 4 is 44.7 Å². The van der Waals surface area contributed by atoms with Gasteiger partial charge in [0.25, 0.3) is 5.56 Å². The van der Waals surface area contributed by atoms with Crippen LogP contribution < -0.4 is 15.0 Å². The molecule has 1 heterocycles. The predicted molar refractivity (Wildman–Crippen MR) is 137 cm³/mol. The fourth-order valence-corrected chi connectivity index (χ4v) is 3.73. The smallest absolute Gasteiger partial charge is 0.346 e. The van der Waals surface area contributed by atoms with Gasteiger partial charge in [-0.2, -0.15) is 9.78 Å². The predicted octanol–water partition coefficient (Wildman–Crippen LogP) is 4.41. The summed E-state index contributed by atoms with van der Waals surface area (Å²) in [5.74, 6) is -0.576. The molecule has 0 unspecified atom stereocenters. The molecular formula is C24H25BrN4O7. The SMILES string of the molecule is CCOc1cc(C=Nn2c(C(C)C)nc3ccc(Br)cc3c2=O)cc([N+](=O)[O-])c1O[C@@H](C)C(=O)OC. The molecule has 0 aliphatic heterocycles. The quantitative estimate of drug-likeness (QED) is 0.162. The summed E-state index contributed by atoms with van der Waals surface area (Å²) < 4.78 is 17.6. The maximum absolute atomic E-state index is 13.2. The molecular weight excluding hydrogens is 536 g/mol. The molecule has 0 N–H and O–H groups in total. The van der Waals surface area contributed by atoms with Crippen molar-refractivity contribution in [1.82, 2.24) is 9.66 Å². The lowest BCUT2D eigenvalue weighted by Gasteiger charge is -2.16.